The van der Waals surface area contributed by atoms with Gasteiger partial charge in [-0.05, 0) is 24.3 Å². The number of nitrogens with zero attached hydrogens (tertiary/aromatic N) is 5. The van der Waals surface area contributed by atoms with E-state index in [1.165, 1.54) is 18.3 Å². The topological polar surface area (TPSA) is 101 Å². The van der Waals surface area contributed by atoms with E-state index in [0.29, 0.717) is 16.8 Å². The lowest BCUT2D eigenvalue weighted by Crippen LogP contribution is -2.31. The van der Waals surface area contributed by atoms with E-state index in [0.717, 1.165) is 16.7 Å². The standard InChI is InChI=1S/C20H17N7OS/c1-12(28)26(13-7-3-2-4-8-13)20-23-15(11-29-20)17-24-18(21)25-19-22-14-9-5-6-10-16(14)27(17)19/h2-11,17H,1H3,(H3,21,22,24,25). The van der Waals surface area contributed by atoms with Gasteiger partial charge >= 0.3 is 0 Å². The fourth-order valence-electron chi connectivity index (χ4n) is 3.42. The first-order valence-electron chi connectivity index (χ1n) is 9.00. The van der Waals surface area contributed by atoms with E-state index in [1.807, 2.05) is 64.5 Å². The number of imidazole rings is 1. The molecule has 5 rings (SSSR count). The number of benzene rings is 2. The summed E-state index contributed by atoms with van der Waals surface area (Å²) in [6, 6.07) is 17.3. The number of aliphatic imine (C=N–C) groups is 1. The predicted molar refractivity (Wildman–Crippen MR) is 114 cm³/mol. The number of aromatic nitrogens is 3. The molecular weight excluding hydrogens is 386 g/mol. The predicted octanol–water partition coefficient (Wildman–Crippen LogP) is 3.46. The molecule has 144 valence electrons. The number of nitrogens with two attached hydrogens (primary N) is 1. The van der Waals surface area contributed by atoms with E-state index in [2.05, 4.69) is 15.3 Å². The molecule has 1 aliphatic heterocycles. The average Bonchev–Trinajstić information content (AvgIpc) is 3.32. The van der Waals surface area contributed by atoms with Gasteiger partial charge in [-0.1, -0.05) is 30.3 Å². The molecule has 29 heavy (non-hydrogen) atoms. The zero-order chi connectivity index (χ0) is 20.0. The molecule has 1 unspecified atom stereocenters. The Balaban J connectivity index is 1.60. The van der Waals surface area contributed by atoms with Crippen molar-refractivity contribution in [3.8, 4) is 0 Å². The molecule has 8 nitrogen and oxygen atoms in total. The van der Waals surface area contributed by atoms with Crippen LogP contribution in [0.25, 0.3) is 11.0 Å². The molecule has 0 spiro atoms. The van der Waals surface area contributed by atoms with E-state index >= 15 is 0 Å². The van der Waals surface area contributed by atoms with E-state index in [-0.39, 0.29) is 11.9 Å². The number of amides is 1. The zero-order valence-electron chi connectivity index (χ0n) is 15.5. The highest BCUT2D eigenvalue weighted by Crippen LogP contribution is 2.36. The number of hydrogen-bond donors (Lipinski definition) is 2. The van der Waals surface area contributed by atoms with Crippen LogP contribution in [0.4, 0.5) is 16.8 Å². The molecule has 0 aliphatic carbocycles. The van der Waals surface area contributed by atoms with Crippen LogP contribution in [0, 0.1) is 0 Å². The van der Waals surface area contributed by atoms with Crippen molar-refractivity contribution in [1.29, 1.82) is 0 Å². The van der Waals surface area contributed by atoms with Gasteiger partial charge < -0.3 is 5.73 Å². The van der Waals surface area contributed by atoms with Gasteiger partial charge in [-0.3, -0.25) is 19.6 Å². The molecule has 3 N–H and O–H groups in total. The summed E-state index contributed by atoms with van der Waals surface area (Å²) < 4.78 is 1.96. The summed E-state index contributed by atoms with van der Waals surface area (Å²) >= 11 is 1.39. The molecular formula is C20H17N7OS. The lowest BCUT2D eigenvalue weighted by Gasteiger charge is -2.22. The quantitative estimate of drug-likeness (QED) is 0.545. The Morgan fingerprint density at radius 3 is 2.69 bits per heavy atom. The van der Waals surface area contributed by atoms with Crippen molar-refractivity contribution in [3.63, 3.8) is 0 Å². The number of fused-ring (bicyclic) bond motifs is 3. The number of rotatable bonds is 3. The summed E-state index contributed by atoms with van der Waals surface area (Å²) in [5, 5.41) is 5.50. The maximum Gasteiger partial charge on any atom is 0.230 e. The first-order chi connectivity index (χ1) is 14.1. The molecule has 9 heteroatoms. The van der Waals surface area contributed by atoms with Crippen LogP contribution in [-0.4, -0.2) is 26.4 Å². The fourth-order valence-corrected chi connectivity index (χ4v) is 4.31. The van der Waals surface area contributed by atoms with Crippen molar-refractivity contribution in [1.82, 2.24) is 14.5 Å². The molecule has 0 radical (unpaired) electrons. The van der Waals surface area contributed by atoms with Gasteiger partial charge in [-0.2, -0.15) is 0 Å². The Morgan fingerprint density at radius 1 is 1.14 bits per heavy atom. The lowest BCUT2D eigenvalue weighted by molar-refractivity contribution is -0.115. The number of thiazole rings is 1. The van der Waals surface area contributed by atoms with Crippen LogP contribution in [0.5, 0.6) is 0 Å². The lowest BCUT2D eigenvalue weighted by atomic mass is 10.3. The third-order valence-electron chi connectivity index (χ3n) is 4.64. The Bertz CT molecular complexity index is 1240. The first-order valence-corrected chi connectivity index (χ1v) is 9.88. The minimum atomic E-state index is -0.465. The number of para-hydroxylation sites is 3. The molecule has 3 heterocycles. The van der Waals surface area contributed by atoms with Gasteiger partial charge in [0.15, 0.2) is 17.3 Å². The Morgan fingerprint density at radius 2 is 1.90 bits per heavy atom. The number of nitrogens with one attached hydrogen (secondary N) is 1. The van der Waals surface area contributed by atoms with Crippen molar-refractivity contribution < 1.29 is 4.79 Å². The summed E-state index contributed by atoms with van der Waals surface area (Å²) in [5.41, 5.74) is 9.23. The minimum absolute atomic E-state index is 0.112. The van der Waals surface area contributed by atoms with Crippen LogP contribution in [-0.2, 0) is 4.79 Å². The van der Waals surface area contributed by atoms with Crippen molar-refractivity contribution >= 4 is 51.0 Å². The number of guanidine groups is 1. The summed E-state index contributed by atoms with van der Waals surface area (Å²) in [4.78, 5) is 27.8. The minimum Gasteiger partial charge on any atom is -0.370 e. The van der Waals surface area contributed by atoms with Gasteiger partial charge in [0.05, 0.1) is 22.4 Å². The molecule has 0 bridgehead atoms. The van der Waals surface area contributed by atoms with E-state index in [9.17, 15) is 4.79 Å². The van der Waals surface area contributed by atoms with Crippen molar-refractivity contribution in [2.75, 3.05) is 10.2 Å². The number of carbonyl (C=O) groups is 1. The normalized spacial score (nSPS) is 15.5. The van der Waals surface area contributed by atoms with Gasteiger partial charge in [0.2, 0.25) is 11.9 Å². The number of anilines is 3. The molecule has 2 aromatic heterocycles. The molecule has 0 saturated heterocycles. The molecule has 0 saturated carbocycles. The zero-order valence-corrected chi connectivity index (χ0v) is 16.3. The van der Waals surface area contributed by atoms with Gasteiger partial charge in [0.25, 0.3) is 0 Å². The van der Waals surface area contributed by atoms with Crippen LogP contribution in [0.2, 0.25) is 0 Å². The van der Waals surface area contributed by atoms with Crippen molar-refractivity contribution in [3.05, 3.63) is 65.7 Å². The second-order valence-electron chi connectivity index (χ2n) is 6.55. The van der Waals surface area contributed by atoms with Crippen LogP contribution in [0.3, 0.4) is 0 Å². The Kier molecular flexibility index (Phi) is 4.02. The maximum absolute atomic E-state index is 12.3. The highest BCUT2D eigenvalue weighted by Gasteiger charge is 2.28. The van der Waals surface area contributed by atoms with Gasteiger partial charge in [-0.25, -0.2) is 15.0 Å². The third kappa shape index (κ3) is 2.92. The summed E-state index contributed by atoms with van der Waals surface area (Å²) in [5.74, 6) is 0.780. The van der Waals surface area contributed by atoms with Gasteiger partial charge in [0.1, 0.15) is 0 Å². The highest BCUT2D eigenvalue weighted by molar-refractivity contribution is 7.14. The highest BCUT2D eigenvalue weighted by atomic mass is 32.1. The molecule has 1 aliphatic rings. The summed E-state index contributed by atoms with van der Waals surface area (Å²) in [6.07, 6.45) is -0.465. The second kappa shape index (κ2) is 6.71. The van der Waals surface area contributed by atoms with E-state index < -0.39 is 6.17 Å². The number of carbonyl (C=O) groups excluding carboxylic acids is 1. The molecule has 2 aromatic carbocycles. The van der Waals surface area contributed by atoms with Crippen LogP contribution >= 0.6 is 11.3 Å². The molecule has 1 amide bonds. The van der Waals surface area contributed by atoms with Crippen molar-refractivity contribution in [2.45, 2.75) is 13.1 Å². The number of hydrogen-bond acceptors (Lipinski definition) is 7. The van der Waals surface area contributed by atoms with Gasteiger partial charge in [-0.15, -0.1) is 11.3 Å². The fraction of sp³-hybridized carbons (Fsp3) is 0.100. The maximum atomic E-state index is 12.3. The van der Waals surface area contributed by atoms with Crippen LogP contribution < -0.4 is 16.0 Å². The SMILES string of the molecule is CC(=O)N(c1ccccc1)c1nc(C2N=C(N)Nc3nc4ccccc4n32)cs1. The average molecular weight is 403 g/mol. The molecule has 0 fully saturated rings. The van der Waals surface area contributed by atoms with Crippen LogP contribution in [0.15, 0.2) is 65.0 Å². The van der Waals surface area contributed by atoms with Crippen LogP contribution in [0.1, 0.15) is 18.8 Å². The third-order valence-corrected chi connectivity index (χ3v) is 5.48. The van der Waals surface area contributed by atoms with E-state index in [1.54, 1.807) is 4.90 Å². The smallest absolute Gasteiger partial charge is 0.230 e. The largest absolute Gasteiger partial charge is 0.370 e. The monoisotopic (exact) mass is 403 g/mol. The summed E-state index contributed by atoms with van der Waals surface area (Å²) in [7, 11) is 0. The van der Waals surface area contributed by atoms with Gasteiger partial charge in [0, 0.05) is 12.3 Å². The Hall–Kier alpha value is -3.72. The molecule has 1 atom stereocenters. The van der Waals surface area contributed by atoms with Crippen molar-refractivity contribution in [2.24, 2.45) is 10.7 Å². The second-order valence-corrected chi connectivity index (χ2v) is 7.39. The van der Waals surface area contributed by atoms with E-state index in [4.69, 9.17) is 10.7 Å². The summed E-state index contributed by atoms with van der Waals surface area (Å²) in [6.45, 7) is 1.52. The Labute approximate surface area is 170 Å². The molecule has 4 aromatic rings. The first kappa shape index (κ1) is 17.4.